The molecule has 1 aliphatic heterocycles. The summed E-state index contributed by atoms with van der Waals surface area (Å²) in [6.07, 6.45) is 1.67. The highest BCUT2D eigenvalue weighted by Crippen LogP contribution is 2.42. The first-order chi connectivity index (χ1) is 9.44. The Labute approximate surface area is 117 Å². The highest BCUT2D eigenvalue weighted by Gasteiger charge is 2.48. The monoisotopic (exact) mass is 278 g/mol. The maximum absolute atomic E-state index is 11.7. The summed E-state index contributed by atoms with van der Waals surface area (Å²) in [5.74, 6) is -0.907. The van der Waals surface area contributed by atoms with Gasteiger partial charge in [-0.05, 0) is 31.7 Å². The second-order valence-corrected chi connectivity index (χ2v) is 5.15. The zero-order valence-corrected chi connectivity index (χ0v) is 11.6. The van der Waals surface area contributed by atoms with Crippen molar-refractivity contribution in [3.05, 3.63) is 33.9 Å². The molecule has 1 aromatic rings. The number of nitro groups is 1. The van der Waals surface area contributed by atoms with Gasteiger partial charge in [0.1, 0.15) is 11.2 Å². The second kappa shape index (κ2) is 5.11. The lowest BCUT2D eigenvalue weighted by atomic mass is 9.92. The van der Waals surface area contributed by atoms with Crippen molar-refractivity contribution in [2.24, 2.45) is 0 Å². The number of aryl methyl sites for hydroxylation is 1. The molecule has 0 radical (unpaired) electrons. The number of carboxylic acids is 1. The van der Waals surface area contributed by atoms with Gasteiger partial charge in [-0.3, -0.25) is 10.1 Å². The number of hydrogen-bond donors (Lipinski definition) is 1. The summed E-state index contributed by atoms with van der Waals surface area (Å²) in [5, 5.41) is 20.8. The number of aliphatic carboxylic acids is 1. The van der Waals surface area contributed by atoms with Crippen molar-refractivity contribution in [2.75, 3.05) is 11.4 Å². The fourth-order valence-corrected chi connectivity index (χ4v) is 3.09. The van der Waals surface area contributed by atoms with Crippen LogP contribution in [-0.4, -0.2) is 28.1 Å². The van der Waals surface area contributed by atoms with Gasteiger partial charge in [-0.25, -0.2) is 4.79 Å². The molecule has 1 heterocycles. The number of nitrogens with zero attached hydrogens (tertiary/aromatic N) is 2. The molecule has 20 heavy (non-hydrogen) atoms. The lowest BCUT2D eigenvalue weighted by Gasteiger charge is -2.36. The molecular formula is C14H18N2O4. The van der Waals surface area contributed by atoms with Gasteiger partial charge in [0.15, 0.2) is 0 Å². The van der Waals surface area contributed by atoms with E-state index in [0.29, 0.717) is 25.1 Å². The highest BCUT2D eigenvalue weighted by atomic mass is 16.6. The van der Waals surface area contributed by atoms with Gasteiger partial charge < -0.3 is 10.0 Å². The predicted molar refractivity (Wildman–Crippen MR) is 75.1 cm³/mol. The van der Waals surface area contributed by atoms with Gasteiger partial charge in [-0.15, -0.1) is 0 Å². The molecule has 1 saturated heterocycles. The SMILES string of the molecule is CCC1(C(=O)O)CCCN1c1c(C)cccc1[N+](=O)[O-]. The Morgan fingerprint density at radius 2 is 2.25 bits per heavy atom. The molecule has 1 unspecified atom stereocenters. The Morgan fingerprint density at radius 1 is 1.55 bits per heavy atom. The van der Waals surface area contributed by atoms with Crippen LogP contribution >= 0.6 is 0 Å². The van der Waals surface area contributed by atoms with E-state index >= 15 is 0 Å². The van der Waals surface area contributed by atoms with Crippen molar-refractivity contribution in [2.45, 2.75) is 38.6 Å². The molecule has 2 rings (SSSR count). The molecule has 1 aliphatic rings. The van der Waals surface area contributed by atoms with Crippen molar-refractivity contribution in [1.82, 2.24) is 0 Å². The first-order valence-corrected chi connectivity index (χ1v) is 6.69. The summed E-state index contributed by atoms with van der Waals surface area (Å²) in [5.41, 5.74) is 0.127. The van der Waals surface area contributed by atoms with Crippen LogP contribution in [0.4, 0.5) is 11.4 Å². The molecule has 0 spiro atoms. The molecule has 0 saturated carbocycles. The summed E-state index contributed by atoms with van der Waals surface area (Å²) in [6.45, 7) is 4.13. The first-order valence-electron chi connectivity index (χ1n) is 6.69. The number of rotatable bonds is 4. The van der Waals surface area contributed by atoms with Crippen molar-refractivity contribution >= 4 is 17.3 Å². The summed E-state index contributed by atoms with van der Waals surface area (Å²) < 4.78 is 0. The summed E-state index contributed by atoms with van der Waals surface area (Å²) in [7, 11) is 0. The van der Waals surface area contributed by atoms with E-state index in [0.717, 1.165) is 12.0 Å². The number of carbonyl (C=O) groups is 1. The minimum atomic E-state index is -1.03. The lowest BCUT2D eigenvalue weighted by Crippen LogP contribution is -2.50. The molecule has 1 aromatic carbocycles. The third-order valence-electron chi connectivity index (χ3n) is 4.15. The van der Waals surface area contributed by atoms with Crippen molar-refractivity contribution in [3.8, 4) is 0 Å². The Bertz CT molecular complexity index is 558. The molecule has 1 fully saturated rings. The van der Waals surface area contributed by atoms with Gasteiger partial charge >= 0.3 is 5.97 Å². The normalized spacial score (nSPS) is 22.0. The van der Waals surface area contributed by atoms with Crippen LogP contribution in [0.15, 0.2) is 18.2 Å². The molecule has 108 valence electrons. The van der Waals surface area contributed by atoms with Crippen LogP contribution in [0.3, 0.4) is 0 Å². The minimum Gasteiger partial charge on any atom is -0.479 e. The summed E-state index contributed by atoms with van der Waals surface area (Å²) in [4.78, 5) is 24.2. The molecule has 6 heteroatoms. The van der Waals surface area contributed by atoms with Crippen LogP contribution in [0.1, 0.15) is 31.7 Å². The number of benzene rings is 1. The zero-order valence-electron chi connectivity index (χ0n) is 11.6. The van der Waals surface area contributed by atoms with Gasteiger partial charge in [0.2, 0.25) is 0 Å². The highest BCUT2D eigenvalue weighted by molar-refractivity contribution is 5.86. The third-order valence-corrected chi connectivity index (χ3v) is 4.15. The van der Waals surface area contributed by atoms with Crippen molar-refractivity contribution in [3.63, 3.8) is 0 Å². The number of para-hydroxylation sites is 1. The molecule has 0 aliphatic carbocycles. The average molecular weight is 278 g/mol. The van der Waals surface area contributed by atoms with Gasteiger partial charge in [0, 0.05) is 12.6 Å². The number of anilines is 1. The Hall–Kier alpha value is -2.11. The maximum atomic E-state index is 11.7. The van der Waals surface area contributed by atoms with Gasteiger partial charge in [0.05, 0.1) is 4.92 Å². The molecule has 1 atom stereocenters. The first kappa shape index (κ1) is 14.3. The van der Waals surface area contributed by atoms with E-state index in [9.17, 15) is 20.0 Å². The van der Waals surface area contributed by atoms with Crippen LogP contribution in [-0.2, 0) is 4.79 Å². The number of nitro benzene ring substituents is 1. The van der Waals surface area contributed by atoms with E-state index in [1.54, 1.807) is 24.0 Å². The summed E-state index contributed by atoms with van der Waals surface area (Å²) >= 11 is 0. The van der Waals surface area contributed by atoms with Gasteiger partial charge in [-0.1, -0.05) is 19.1 Å². The van der Waals surface area contributed by atoms with Crippen molar-refractivity contribution in [1.29, 1.82) is 0 Å². The maximum Gasteiger partial charge on any atom is 0.329 e. The van der Waals surface area contributed by atoms with Crippen LogP contribution in [0.25, 0.3) is 0 Å². The fourth-order valence-electron chi connectivity index (χ4n) is 3.09. The van der Waals surface area contributed by atoms with E-state index < -0.39 is 16.4 Å². The van der Waals surface area contributed by atoms with E-state index in [2.05, 4.69) is 0 Å². The molecule has 0 bridgehead atoms. The van der Waals surface area contributed by atoms with Gasteiger partial charge in [0.25, 0.3) is 5.69 Å². The average Bonchev–Trinajstić information content (AvgIpc) is 2.82. The molecule has 0 amide bonds. The lowest BCUT2D eigenvalue weighted by molar-refractivity contribution is -0.384. The summed E-state index contributed by atoms with van der Waals surface area (Å²) in [6, 6.07) is 4.84. The van der Waals surface area contributed by atoms with E-state index in [1.165, 1.54) is 6.07 Å². The Kier molecular flexibility index (Phi) is 3.65. The number of carboxylic acid groups (broad SMARTS) is 1. The van der Waals surface area contributed by atoms with Crippen LogP contribution in [0.2, 0.25) is 0 Å². The largest absolute Gasteiger partial charge is 0.479 e. The fraction of sp³-hybridized carbons (Fsp3) is 0.500. The van der Waals surface area contributed by atoms with Crippen LogP contribution in [0, 0.1) is 17.0 Å². The zero-order chi connectivity index (χ0) is 14.9. The molecule has 1 N–H and O–H groups in total. The smallest absolute Gasteiger partial charge is 0.329 e. The van der Waals surface area contributed by atoms with E-state index in [1.807, 2.05) is 6.92 Å². The van der Waals surface area contributed by atoms with Crippen LogP contribution in [0.5, 0.6) is 0 Å². The predicted octanol–water partition coefficient (Wildman–Crippen LogP) is 2.74. The minimum absolute atomic E-state index is 0.0222. The quantitative estimate of drug-likeness (QED) is 0.676. The van der Waals surface area contributed by atoms with E-state index in [-0.39, 0.29) is 5.69 Å². The molecule has 0 aromatic heterocycles. The van der Waals surface area contributed by atoms with Crippen molar-refractivity contribution < 1.29 is 14.8 Å². The second-order valence-electron chi connectivity index (χ2n) is 5.15. The topological polar surface area (TPSA) is 83.7 Å². The Balaban J connectivity index is 2.61. The van der Waals surface area contributed by atoms with Crippen LogP contribution < -0.4 is 4.90 Å². The Morgan fingerprint density at radius 3 is 2.80 bits per heavy atom. The number of hydrogen-bond acceptors (Lipinski definition) is 4. The molecule has 6 nitrogen and oxygen atoms in total. The standard InChI is InChI=1S/C14H18N2O4/c1-3-14(13(17)18)8-5-9-15(14)12-10(2)6-4-7-11(12)16(19)20/h4,6-7H,3,5,8-9H2,1-2H3,(H,17,18). The van der Waals surface area contributed by atoms with E-state index in [4.69, 9.17) is 0 Å². The molecular weight excluding hydrogens is 260 g/mol. The third kappa shape index (κ3) is 2.01. The van der Waals surface area contributed by atoms with Gasteiger partial charge in [-0.2, -0.15) is 0 Å².